The zero-order valence-corrected chi connectivity index (χ0v) is 11.3. The molecule has 0 heterocycles. The lowest BCUT2D eigenvalue weighted by Gasteiger charge is -2.19. The summed E-state index contributed by atoms with van der Waals surface area (Å²) in [4.78, 5) is 4.33. The Morgan fingerprint density at radius 1 is 1.29 bits per heavy atom. The van der Waals surface area contributed by atoms with Crippen LogP contribution in [-0.4, -0.2) is 17.9 Å². The van der Waals surface area contributed by atoms with Gasteiger partial charge >= 0.3 is 0 Å². The fourth-order valence-corrected chi connectivity index (χ4v) is 1.54. The number of nitrogens with zero attached hydrogens (tertiary/aromatic N) is 1. The molecule has 0 spiro atoms. The van der Waals surface area contributed by atoms with Crippen molar-refractivity contribution in [2.24, 2.45) is 4.99 Å². The van der Waals surface area contributed by atoms with E-state index in [0.717, 1.165) is 24.9 Å². The first-order valence-electron chi connectivity index (χ1n) is 6.28. The van der Waals surface area contributed by atoms with Gasteiger partial charge in [-0.2, -0.15) is 0 Å². The van der Waals surface area contributed by atoms with Gasteiger partial charge in [0.2, 0.25) is 0 Å². The third-order valence-electron chi connectivity index (χ3n) is 2.76. The maximum absolute atomic E-state index is 9.77. The first kappa shape index (κ1) is 13.8. The highest BCUT2D eigenvalue weighted by molar-refractivity contribution is 5.83. The molecule has 0 saturated carbocycles. The molecular weight excluding hydrogens is 210 g/mol. The van der Waals surface area contributed by atoms with E-state index in [1.54, 1.807) is 12.3 Å². The van der Waals surface area contributed by atoms with Crippen LogP contribution in [0.5, 0.6) is 5.75 Å². The second-order valence-electron chi connectivity index (χ2n) is 5.41. The smallest absolute Gasteiger partial charge is 0.124 e. The van der Waals surface area contributed by atoms with Crippen LogP contribution in [0.15, 0.2) is 23.2 Å². The SMILES string of the molecule is CCCC/N=C/c1cc(C(C)(C)C)ccc1O. The van der Waals surface area contributed by atoms with Crippen LogP contribution in [-0.2, 0) is 5.41 Å². The largest absolute Gasteiger partial charge is 0.507 e. The van der Waals surface area contributed by atoms with Gasteiger partial charge in [0, 0.05) is 18.3 Å². The van der Waals surface area contributed by atoms with E-state index in [9.17, 15) is 5.11 Å². The molecule has 17 heavy (non-hydrogen) atoms. The van der Waals surface area contributed by atoms with Crippen LogP contribution in [0.4, 0.5) is 0 Å². The van der Waals surface area contributed by atoms with Crippen molar-refractivity contribution < 1.29 is 5.11 Å². The van der Waals surface area contributed by atoms with Crippen molar-refractivity contribution in [2.75, 3.05) is 6.54 Å². The number of phenolic OH excluding ortho intramolecular Hbond substituents is 1. The number of aromatic hydroxyl groups is 1. The Kier molecular flexibility index (Phi) is 4.73. The number of rotatable bonds is 4. The average Bonchev–Trinajstić information content (AvgIpc) is 2.25. The molecule has 0 fully saturated rings. The zero-order valence-electron chi connectivity index (χ0n) is 11.3. The fourth-order valence-electron chi connectivity index (χ4n) is 1.54. The molecule has 0 aliphatic rings. The molecule has 1 aromatic carbocycles. The van der Waals surface area contributed by atoms with E-state index in [1.807, 2.05) is 12.1 Å². The standard InChI is InChI=1S/C15H23NO/c1-5-6-9-16-11-12-10-13(15(2,3)4)7-8-14(12)17/h7-8,10-11,17H,5-6,9H2,1-4H3/b16-11+. The van der Waals surface area contributed by atoms with E-state index >= 15 is 0 Å². The summed E-state index contributed by atoms with van der Waals surface area (Å²) < 4.78 is 0. The highest BCUT2D eigenvalue weighted by Gasteiger charge is 2.14. The van der Waals surface area contributed by atoms with Crippen molar-refractivity contribution in [1.29, 1.82) is 0 Å². The predicted molar refractivity (Wildman–Crippen MR) is 74.2 cm³/mol. The summed E-state index contributed by atoms with van der Waals surface area (Å²) in [5.41, 5.74) is 2.13. The van der Waals surface area contributed by atoms with E-state index in [-0.39, 0.29) is 5.41 Å². The Morgan fingerprint density at radius 2 is 2.00 bits per heavy atom. The average molecular weight is 233 g/mol. The van der Waals surface area contributed by atoms with Gasteiger partial charge in [0.25, 0.3) is 0 Å². The number of phenols is 1. The summed E-state index contributed by atoms with van der Waals surface area (Å²) in [7, 11) is 0. The molecule has 0 bridgehead atoms. The van der Waals surface area contributed by atoms with Crippen LogP contribution in [0.2, 0.25) is 0 Å². The zero-order chi connectivity index (χ0) is 12.9. The maximum Gasteiger partial charge on any atom is 0.124 e. The monoisotopic (exact) mass is 233 g/mol. The van der Waals surface area contributed by atoms with Crippen LogP contribution in [0.1, 0.15) is 51.7 Å². The first-order valence-corrected chi connectivity index (χ1v) is 6.28. The van der Waals surface area contributed by atoms with Crippen molar-refractivity contribution in [3.63, 3.8) is 0 Å². The van der Waals surface area contributed by atoms with Gasteiger partial charge in [-0.3, -0.25) is 4.99 Å². The lowest BCUT2D eigenvalue weighted by Crippen LogP contribution is -2.11. The number of hydrogen-bond acceptors (Lipinski definition) is 2. The molecule has 94 valence electrons. The van der Waals surface area contributed by atoms with E-state index in [4.69, 9.17) is 0 Å². The molecule has 1 rings (SSSR count). The predicted octanol–water partition coefficient (Wildman–Crippen LogP) is 3.91. The molecule has 0 atom stereocenters. The maximum atomic E-state index is 9.77. The molecule has 0 saturated heterocycles. The number of benzene rings is 1. The number of unbranched alkanes of at least 4 members (excludes halogenated alkanes) is 1. The Hall–Kier alpha value is -1.31. The van der Waals surface area contributed by atoms with E-state index in [2.05, 4.69) is 32.7 Å². The molecule has 0 aliphatic heterocycles. The third-order valence-corrected chi connectivity index (χ3v) is 2.76. The molecule has 0 unspecified atom stereocenters. The van der Waals surface area contributed by atoms with Crippen molar-refractivity contribution in [2.45, 2.75) is 46.0 Å². The van der Waals surface area contributed by atoms with Crippen LogP contribution in [0, 0.1) is 0 Å². The van der Waals surface area contributed by atoms with E-state index in [0.29, 0.717) is 5.75 Å². The summed E-state index contributed by atoms with van der Waals surface area (Å²) in [6.07, 6.45) is 4.02. The molecule has 1 aromatic rings. The van der Waals surface area contributed by atoms with Gasteiger partial charge in [-0.1, -0.05) is 40.2 Å². The summed E-state index contributed by atoms with van der Waals surface area (Å²) in [6.45, 7) is 9.47. The van der Waals surface area contributed by atoms with Crippen LogP contribution in [0.25, 0.3) is 0 Å². The van der Waals surface area contributed by atoms with Gasteiger partial charge in [-0.15, -0.1) is 0 Å². The molecule has 1 N–H and O–H groups in total. The van der Waals surface area contributed by atoms with Gasteiger partial charge in [-0.25, -0.2) is 0 Å². The lowest BCUT2D eigenvalue weighted by atomic mass is 9.86. The van der Waals surface area contributed by atoms with Gasteiger partial charge in [-0.05, 0) is 29.5 Å². The fraction of sp³-hybridized carbons (Fsp3) is 0.533. The van der Waals surface area contributed by atoms with Crippen LogP contribution < -0.4 is 0 Å². The van der Waals surface area contributed by atoms with Crippen LogP contribution >= 0.6 is 0 Å². The van der Waals surface area contributed by atoms with Gasteiger partial charge in [0.1, 0.15) is 5.75 Å². The highest BCUT2D eigenvalue weighted by atomic mass is 16.3. The lowest BCUT2D eigenvalue weighted by molar-refractivity contribution is 0.473. The van der Waals surface area contributed by atoms with Crippen molar-refractivity contribution in [3.05, 3.63) is 29.3 Å². The Bertz CT molecular complexity index is 388. The topological polar surface area (TPSA) is 32.6 Å². The molecule has 0 aromatic heterocycles. The molecular formula is C15H23NO. The van der Waals surface area contributed by atoms with Gasteiger partial charge in [0.15, 0.2) is 0 Å². The normalized spacial score (nSPS) is 12.2. The second-order valence-corrected chi connectivity index (χ2v) is 5.41. The Morgan fingerprint density at radius 3 is 2.59 bits per heavy atom. The van der Waals surface area contributed by atoms with E-state index < -0.39 is 0 Å². The number of hydrogen-bond donors (Lipinski definition) is 1. The Balaban J connectivity index is 2.87. The molecule has 0 amide bonds. The van der Waals surface area contributed by atoms with Crippen molar-refractivity contribution in [1.82, 2.24) is 0 Å². The summed E-state index contributed by atoms with van der Waals surface area (Å²) >= 11 is 0. The van der Waals surface area contributed by atoms with Gasteiger partial charge in [0.05, 0.1) is 0 Å². The second kappa shape index (κ2) is 5.85. The minimum atomic E-state index is 0.0969. The van der Waals surface area contributed by atoms with E-state index in [1.165, 1.54) is 5.56 Å². The van der Waals surface area contributed by atoms with Crippen LogP contribution in [0.3, 0.4) is 0 Å². The molecule has 2 nitrogen and oxygen atoms in total. The Labute approximate surface area is 104 Å². The molecule has 2 heteroatoms. The third kappa shape index (κ3) is 4.22. The molecule has 0 radical (unpaired) electrons. The summed E-state index contributed by atoms with van der Waals surface area (Å²) in [5.74, 6) is 0.304. The summed E-state index contributed by atoms with van der Waals surface area (Å²) in [6, 6.07) is 5.74. The minimum Gasteiger partial charge on any atom is -0.507 e. The quantitative estimate of drug-likeness (QED) is 0.620. The summed E-state index contributed by atoms with van der Waals surface area (Å²) in [5, 5.41) is 9.77. The highest BCUT2D eigenvalue weighted by Crippen LogP contribution is 2.26. The van der Waals surface area contributed by atoms with Crippen molar-refractivity contribution in [3.8, 4) is 5.75 Å². The van der Waals surface area contributed by atoms with Crippen molar-refractivity contribution >= 4 is 6.21 Å². The molecule has 0 aliphatic carbocycles. The minimum absolute atomic E-state index is 0.0969. The first-order chi connectivity index (χ1) is 7.95. The number of aliphatic imine (C=N–C) groups is 1. The van der Waals surface area contributed by atoms with Gasteiger partial charge < -0.3 is 5.11 Å².